The smallest absolute Gasteiger partial charge is 0.255 e. The summed E-state index contributed by atoms with van der Waals surface area (Å²) in [7, 11) is 1.94. The highest BCUT2D eigenvalue weighted by molar-refractivity contribution is 5.94. The number of carbonyl (C=O) groups is 1. The van der Waals surface area contributed by atoms with Crippen molar-refractivity contribution in [3.8, 4) is 0 Å². The van der Waals surface area contributed by atoms with Crippen LogP contribution in [0.4, 0.5) is 0 Å². The minimum absolute atomic E-state index is 0.0733. The maximum absolute atomic E-state index is 12.6. The number of pyridine rings is 1. The highest BCUT2D eigenvalue weighted by Crippen LogP contribution is 2.42. The topological polar surface area (TPSA) is 60.2 Å². The number of rotatable bonds is 2. The zero-order chi connectivity index (χ0) is 17.4. The zero-order valence-electron chi connectivity index (χ0n) is 14.8. The third-order valence-corrected chi connectivity index (χ3v) is 5.53. The molecule has 2 aromatic heterocycles. The highest BCUT2D eigenvalue weighted by atomic mass is 16.5. The number of carbonyl (C=O) groups excluding carboxylic acids is 1. The lowest BCUT2D eigenvalue weighted by atomic mass is 9.84. The van der Waals surface area contributed by atoms with E-state index in [1.54, 1.807) is 6.20 Å². The molecular weight excluding hydrogens is 316 g/mol. The van der Waals surface area contributed by atoms with Gasteiger partial charge in [-0.3, -0.25) is 14.5 Å². The molecule has 1 amide bonds. The molecule has 0 radical (unpaired) electrons. The van der Waals surface area contributed by atoms with Gasteiger partial charge >= 0.3 is 0 Å². The first-order chi connectivity index (χ1) is 12.0. The second kappa shape index (κ2) is 6.26. The number of hydrogen-bond acceptors (Lipinski definition) is 4. The minimum Gasteiger partial charge on any atom is -0.374 e. The molecule has 4 heterocycles. The zero-order valence-corrected chi connectivity index (χ0v) is 14.8. The monoisotopic (exact) mass is 340 g/mol. The van der Waals surface area contributed by atoms with Gasteiger partial charge < -0.3 is 9.64 Å². The van der Waals surface area contributed by atoms with Crippen LogP contribution in [0.3, 0.4) is 0 Å². The fraction of sp³-hybridized carbons (Fsp3) is 0.526. The van der Waals surface area contributed by atoms with Crippen LogP contribution >= 0.6 is 0 Å². The molecule has 2 aromatic rings. The Bertz CT molecular complexity index is 760. The molecule has 1 unspecified atom stereocenters. The van der Waals surface area contributed by atoms with Crippen molar-refractivity contribution in [2.24, 2.45) is 7.05 Å². The Labute approximate surface area is 147 Å². The van der Waals surface area contributed by atoms with Gasteiger partial charge in [0.1, 0.15) is 0 Å². The highest BCUT2D eigenvalue weighted by Gasteiger charge is 2.44. The Kier molecular flexibility index (Phi) is 4.07. The molecule has 1 spiro atoms. The lowest BCUT2D eigenvalue weighted by Gasteiger charge is -2.38. The quantitative estimate of drug-likeness (QED) is 0.842. The molecular formula is C19H24N4O2. The number of ether oxygens (including phenoxy) is 1. The Balaban J connectivity index is 1.38. The summed E-state index contributed by atoms with van der Waals surface area (Å²) < 4.78 is 8.06. The fourth-order valence-electron chi connectivity index (χ4n) is 3.95. The van der Waals surface area contributed by atoms with Crippen LogP contribution in [-0.4, -0.2) is 50.9 Å². The third-order valence-electron chi connectivity index (χ3n) is 5.53. The van der Waals surface area contributed by atoms with Gasteiger partial charge in [-0.05, 0) is 43.9 Å². The van der Waals surface area contributed by atoms with Gasteiger partial charge in [-0.1, -0.05) is 0 Å². The fourth-order valence-corrected chi connectivity index (χ4v) is 3.95. The molecule has 25 heavy (non-hydrogen) atoms. The first kappa shape index (κ1) is 16.3. The summed E-state index contributed by atoms with van der Waals surface area (Å²) in [5.74, 6) is 0.487. The predicted octanol–water partition coefficient (Wildman–Crippen LogP) is 2.30. The van der Waals surface area contributed by atoms with Gasteiger partial charge in [0.15, 0.2) is 0 Å². The van der Waals surface area contributed by atoms with Crippen molar-refractivity contribution in [1.29, 1.82) is 0 Å². The van der Waals surface area contributed by atoms with Crippen LogP contribution in [0.5, 0.6) is 0 Å². The van der Waals surface area contributed by atoms with E-state index in [0.29, 0.717) is 11.5 Å². The van der Waals surface area contributed by atoms with Gasteiger partial charge in [-0.15, -0.1) is 0 Å². The molecule has 4 rings (SSSR count). The molecule has 2 saturated heterocycles. The van der Waals surface area contributed by atoms with E-state index in [1.165, 1.54) is 5.56 Å². The summed E-state index contributed by atoms with van der Waals surface area (Å²) in [6, 6.07) is 3.75. The second-order valence-electron chi connectivity index (χ2n) is 7.32. The summed E-state index contributed by atoms with van der Waals surface area (Å²) in [6.07, 6.45) is 8.51. The molecule has 6 heteroatoms. The third kappa shape index (κ3) is 3.18. The van der Waals surface area contributed by atoms with E-state index >= 15 is 0 Å². The maximum Gasteiger partial charge on any atom is 0.255 e. The van der Waals surface area contributed by atoms with Crippen LogP contribution in [0.15, 0.2) is 30.7 Å². The maximum atomic E-state index is 12.6. The van der Waals surface area contributed by atoms with E-state index < -0.39 is 0 Å². The van der Waals surface area contributed by atoms with E-state index in [4.69, 9.17) is 4.74 Å². The molecule has 0 aliphatic carbocycles. The van der Waals surface area contributed by atoms with Crippen molar-refractivity contribution in [1.82, 2.24) is 19.7 Å². The molecule has 132 valence electrons. The van der Waals surface area contributed by atoms with Crippen molar-refractivity contribution >= 4 is 5.91 Å². The van der Waals surface area contributed by atoms with Crippen molar-refractivity contribution in [3.05, 3.63) is 47.5 Å². The molecule has 2 fully saturated rings. The lowest BCUT2D eigenvalue weighted by molar-refractivity contribution is -0.0388. The first-order valence-electron chi connectivity index (χ1n) is 8.89. The van der Waals surface area contributed by atoms with E-state index in [2.05, 4.69) is 16.3 Å². The normalized spacial score (nSPS) is 22.5. The standard InChI is InChI=1S/C19H24N4O2/c1-14-3-4-15(10-20-14)18(24)23-7-5-19(6-8-23)9-16(13-25-19)17-11-21-22(2)12-17/h3-4,10-12,16H,5-9,13H2,1-2H3. The summed E-state index contributed by atoms with van der Waals surface area (Å²) in [6.45, 7) is 4.16. The minimum atomic E-state index is -0.0805. The van der Waals surface area contributed by atoms with Gasteiger partial charge in [-0.25, -0.2) is 0 Å². The van der Waals surface area contributed by atoms with Gasteiger partial charge in [0.05, 0.1) is 24.0 Å². The van der Waals surface area contributed by atoms with E-state index in [0.717, 1.165) is 44.7 Å². The first-order valence-corrected chi connectivity index (χ1v) is 8.89. The predicted molar refractivity (Wildman–Crippen MR) is 93.4 cm³/mol. The van der Waals surface area contributed by atoms with Crippen molar-refractivity contribution in [2.75, 3.05) is 19.7 Å². The Morgan fingerprint density at radius 2 is 2.08 bits per heavy atom. The van der Waals surface area contributed by atoms with Crippen molar-refractivity contribution < 1.29 is 9.53 Å². The number of hydrogen-bond donors (Lipinski definition) is 0. The molecule has 0 saturated carbocycles. The molecule has 1 atom stereocenters. The van der Waals surface area contributed by atoms with Crippen LogP contribution < -0.4 is 0 Å². The Morgan fingerprint density at radius 1 is 1.28 bits per heavy atom. The van der Waals surface area contributed by atoms with E-state index in [9.17, 15) is 4.79 Å². The molecule has 2 aliphatic heterocycles. The summed E-state index contributed by atoms with van der Waals surface area (Å²) in [5, 5.41) is 4.27. The number of nitrogens with zero attached hydrogens (tertiary/aromatic N) is 4. The summed E-state index contributed by atoms with van der Waals surface area (Å²) in [4.78, 5) is 18.8. The van der Waals surface area contributed by atoms with Crippen LogP contribution in [0.1, 0.15) is 46.8 Å². The van der Waals surface area contributed by atoms with Gasteiger partial charge in [0, 0.05) is 44.1 Å². The molecule has 0 N–H and O–H groups in total. The van der Waals surface area contributed by atoms with Crippen molar-refractivity contribution in [2.45, 2.75) is 37.7 Å². The average molecular weight is 340 g/mol. The SMILES string of the molecule is Cc1ccc(C(=O)N2CCC3(CC2)CC(c2cnn(C)c2)CO3)cn1. The number of piperidine rings is 1. The van der Waals surface area contributed by atoms with E-state index in [1.807, 2.05) is 41.9 Å². The second-order valence-corrected chi connectivity index (χ2v) is 7.32. The Hall–Kier alpha value is -2.21. The molecule has 6 nitrogen and oxygen atoms in total. The largest absolute Gasteiger partial charge is 0.374 e. The van der Waals surface area contributed by atoms with Gasteiger partial charge in [0.25, 0.3) is 5.91 Å². The van der Waals surface area contributed by atoms with Crippen molar-refractivity contribution in [3.63, 3.8) is 0 Å². The Morgan fingerprint density at radius 3 is 2.72 bits per heavy atom. The average Bonchev–Trinajstić information content (AvgIpc) is 3.23. The van der Waals surface area contributed by atoms with E-state index in [-0.39, 0.29) is 11.5 Å². The number of amides is 1. The molecule has 2 aliphatic rings. The van der Waals surface area contributed by atoms with Crippen LogP contribution in [0.25, 0.3) is 0 Å². The summed E-state index contributed by atoms with van der Waals surface area (Å²) >= 11 is 0. The molecule has 0 bridgehead atoms. The van der Waals surface area contributed by atoms with Crippen LogP contribution in [0.2, 0.25) is 0 Å². The summed E-state index contributed by atoms with van der Waals surface area (Å²) in [5.41, 5.74) is 2.77. The van der Waals surface area contributed by atoms with Crippen LogP contribution in [0, 0.1) is 6.92 Å². The number of aryl methyl sites for hydroxylation is 2. The number of likely N-dealkylation sites (tertiary alicyclic amines) is 1. The van der Waals surface area contributed by atoms with Gasteiger partial charge in [0.2, 0.25) is 0 Å². The van der Waals surface area contributed by atoms with Crippen LogP contribution in [-0.2, 0) is 11.8 Å². The molecule has 0 aromatic carbocycles. The lowest BCUT2D eigenvalue weighted by Crippen LogP contribution is -2.46. The van der Waals surface area contributed by atoms with Gasteiger partial charge in [-0.2, -0.15) is 5.10 Å². The number of aromatic nitrogens is 3.